The monoisotopic (exact) mass is 398 g/mol. The molecule has 150 valence electrons. The largest absolute Gasteiger partial charge is 0.337 e. The first-order chi connectivity index (χ1) is 14.6. The van der Waals surface area contributed by atoms with Crippen molar-refractivity contribution in [2.75, 3.05) is 5.32 Å². The summed E-state index contributed by atoms with van der Waals surface area (Å²) >= 11 is 0. The molecule has 0 aliphatic rings. The zero-order valence-corrected chi connectivity index (χ0v) is 17.0. The van der Waals surface area contributed by atoms with E-state index in [2.05, 4.69) is 25.8 Å². The number of aryl methyl sites for hydroxylation is 1. The number of hydrogen-bond donors (Lipinski definition) is 2. The van der Waals surface area contributed by atoms with E-state index in [0.717, 1.165) is 28.3 Å². The fraction of sp³-hybridized carbons (Fsp3) is 0.130. The van der Waals surface area contributed by atoms with Crippen molar-refractivity contribution in [3.8, 4) is 11.4 Å². The van der Waals surface area contributed by atoms with Crippen LogP contribution in [0.25, 0.3) is 17.0 Å². The number of carbonyl (C=O) groups excluding carboxylic acids is 1. The lowest BCUT2D eigenvalue weighted by molar-refractivity contribution is 0.0966. The molecule has 7 heteroatoms. The molecule has 0 saturated carbocycles. The number of amides is 1. The van der Waals surface area contributed by atoms with E-state index in [1.54, 1.807) is 12.3 Å². The summed E-state index contributed by atoms with van der Waals surface area (Å²) in [5.74, 6) is 1.15. The summed E-state index contributed by atoms with van der Waals surface area (Å²) in [4.78, 5) is 16.9. The number of rotatable bonds is 5. The molecule has 2 aromatic carbocycles. The van der Waals surface area contributed by atoms with E-state index in [1.807, 2.05) is 79.9 Å². The lowest BCUT2D eigenvalue weighted by atomic mass is 10.1. The van der Waals surface area contributed by atoms with Gasteiger partial charge in [0.1, 0.15) is 0 Å². The average Bonchev–Trinajstić information content (AvgIpc) is 3.21. The van der Waals surface area contributed by atoms with Gasteiger partial charge in [-0.15, -0.1) is 10.2 Å². The van der Waals surface area contributed by atoms with Crippen LogP contribution in [-0.4, -0.2) is 25.5 Å². The molecule has 0 bridgehead atoms. The minimum atomic E-state index is -0.159. The second-order valence-electron chi connectivity index (χ2n) is 6.94. The number of carbonyl (C=O) groups is 1. The molecule has 0 unspecified atom stereocenters. The molecule has 0 atom stereocenters. The maximum absolute atomic E-state index is 12.5. The highest BCUT2D eigenvalue weighted by Crippen LogP contribution is 2.25. The van der Waals surface area contributed by atoms with Crippen LogP contribution in [-0.2, 0) is 0 Å². The Morgan fingerprint density at radius 1 is 1.10 bits per heavy atom. The molecule has 0 fully saturated rings. The number of nitrogens with one attached hydrogen (secondary N) is 2. The van der Waals surface area contributed by atoms with E-state index in [1.165, 1.54) is 0 Å². The fourth-order valence-corrected chi connectivity index (χ4v) is 3.05. The molecule has 4 aromatic rings. The maximum Gasteiger partial charge on any atom is 0.255 e. The van der Waals surface area contributed by atoms with Gasteiger partial charge in [-0.25, -0.2) is 4.98 Å². The summed E-state index contributed by atoms with van der Waals surface area (Å²) < 4.78 is 1.89. The SMILES string of the molecule is C/C=C(\C)NC(=O)c1ccc(C)c(Nc2nccn3c(-c4ccccc4)nnc23)c1. The summed E-state index contributed by atoms with van der Waals surface area (Å²) in [6, 6.07) is 15.4. The maximum atomic E-state index is 12.5. The summed E-state index contributed by atoms with van der Waals surface area (Å²) in [5, 5.41) is 14.8. The number of aromatic nitrogens is 4. The quantitative estimate of drug-likeness (QED) is 0.517. The van der Waals surface area contributed by atoms with E-state index in [-0.39, 0.29) is 5.91 Å². The lowest BCUT2D eigenvalue weighted by Crippen LogP contribution is -2.21. The van der Waals surface area contributed by atoms with Gasteiger partial charge in [-0.05, 0) is 38.5 Å². The van der Waals surface area contributed by atoms with Gasteiger partial charge in [-0.2, -0.15) is 0 Å². The third-order valence-corrected chi connectivity index (χ3v) is 4.86. The molecule has 0 saturated heterocycles. The molecule has 7 nitrogen and oxygen atoms in total. The molecule has 0 aliphatic heterocycles. The average molecular weight is 398 g/mol. The fourth-order valence-electron chi connectivity index (χ4n) is 3.05. The van der Waals surface area contributed by atoms with Crippen LogP contribution in [0.3, 0.4) is 0 Å². The van der Waals surface area contributed by atoms with Crippen LogP contribution in [0.5, 0.6) is 0 Å². The van der Waals surface area contributed by atoms with E-state index >= 15 is 0 Å². The Kier molecular flexibility index (Phi) is 5.26. The van der Waals surface area contributed by atoms with Crippen molar-refractivity contribution in [1.29, 1.82) is 0 Å². The zero-order valence-electron chi connectivity index (χ0n) is 17.0. The molecule has 0 spiro atoms. The molecule has 30 heavy (non-hydrogen) atoms. The molecule has 1 amide bonds. The summed E-state index contributed by atoms with van der Waals surface area (Å²) in [5.41, 5.74) is 4.71. The zero-order chi connectivity index (χ0) is 21.1. The number of nitrogens with zero attached hydrogens (tertiary/aromatic N) is 4. The van der Waals surface area contributed by atoms with Crippen LogP contribution in [0.4, 0.5) is 11.5 Å². The van der Waals surface area contributed by atoms with Crippen LogP contribution >= 0.6 is 0 Å². The second kappa shape index (κ2) is 8.16. The Morgan fingerprint density at radius 3 is 2.67 bits per heavy atom. The Hall–Kier alpha value is -4.00. The van der Waals surface area contributed by atoms with Gasteiger partial charge < -0.3 is 10.6 Å². The predicted octanol–water partition coefficient (Wildman–Crippen LogP) is 4.50. The number of hydrogen-bond acceptors (Lipinski definition) is 5. The Labute approximate surface area is 174 Å². The van der Waals surface area contributed by atoms with Gasteiger partial charge in [0.2, 0.25) is 5.65 Å². The molecular weight excluding hydrogens is 376 g/mol. The number of benzene rings is 2. The van der Waals surface area contributed by atoms with Gasteiger partial charge in [-0.3, -0.25) is 9.20 Å². The predicted molar refractivity (Wildman–Crippen MR) is 118 cm³/mol. The third kappa shape index (κ3) is 3.77. The van der Waals surface area contributed by atoms with Gasteiger partial charge in [0.25, 0.3) is 5.91 Å². The second-order valence-corrected chi connectivity index (χ2v) is 6.94. The number of fused-ring (bicyclic) bond motifs is 1. The molecule has 2 heterocycles. The van der Waals surface area contributed by atoms with Crippen molar-refractivity contribution in [2.24, 2.45) is 0 Å². The smallest absolute Gasteiger partial charge is 0.255 e. The standard InChI is InChI=1S/C23H22N6O/c1-4-16(3)25-23(30)18-11-10-15(2)19(14-18)26-20-22-28-27-21(29(22)13-12-24-20)17-8-6-5-7-9-17/h4-14H,1-3H3,(H,24,26)(H,25,30)/b16-4+. The van der Waals surface area contributed by atoms with Crippen molar-refractivity contribution in [3.05, 3.63) is 83.8 Å². The van der Waals surface area contributed by atoms with Crippen molar-refractivity contribution >= 4 is 23.1 Å². The van der Waals surface area contributed by atoms with E-state index < -0.39 is 0 Å². The van der Waals surface area contributed by atoms with Crippen LogP contribution in [0.1, 0.15) is 29.8 Å². The van der Waals surface area contributed by atoms with Crippen LogP contribution in [0.15, 0.2) is 72.7 Å². The lowest BCUT2D eigenvalue weighted by Gasteiger charge is -2.12. The molecule has 0 aliphatic carbocycles. The van der Waals surface area contributed by atoms with Crippen molar-refractivity contribution < 1.29 is 4.79 Å². The van der Waals surface area contributed by atoms with Crippen LogP contribution in [0, 0.1) is 6.92 Å². The molecule has 2 aromatic heterocycles. The summed E-state index contributed by atoms with van der Waals surface area (Å²) in [6.45, 7) is 5.71. The molecule has 4 rings (SSSR count). The minimum absolute atomic E-state index is 0.159. The summed E-state index contributed by atoms with van der Waals surface area (Å²) in [7, 11) is 0. The first kappa shape index (κ1) is 19.3. The van der Waals surface area contributed by atoms with E-state index in [9.17, 15) is 4.79 Å². The first-order valence-electron chi connectivity index (χ1n) is 9.64. The van der Waals surface area contributed by atoms with Crippen LogP contribution < -0.4 is 10.6 Å². The van der Waals surface area contributed by atoms with E-state index in [0.29, 0.717) is 17.0 Å². The van der Waals surface area contributed by atoms with Crippen molar-refractivity contribution in [2.45, 2.75) is 20.8 Å². The van der Waals surface area contributed by atoms with Crippen molar-refractivity contribution in [1.82, 2.24) is 24.9 Å². The first-order valence-corrected chi connectivity index (χ1v) is 9.64. The number of allylic oxidation sites excluding steroid dienone is 2. The highest BCUT2D eigenvalue weighted by atomic mass is 16.1. The van der Waals surface area contributed by atoms with Gasteiger partial charge >= 0.3 is 0 Å². The van der Waals surface area contributed by atoms with Gasteiger partial charge in [0.15, 0.2) is 11.6 Å². The Morgan fingerprint density at radius 2 is 1.90 bits per heavy atom. The van der Waals surface area contributed by atoms with Gasteiger partial charge in [0.05, 0.1) is 0 Å². The highest BCUT2D eigenvalue weighted by Gasteiger charge is 2.14. The Balaban J connectivity index is 1.69. The topological polar surface area (TPSA) is 84.2 Å². The molecular formula is C23H22N6O. The van der Waals surface area contributed by atoms with Crippen molar-refractivity contribution in [3.63, 3.8) is 0 Å². The van der Waals surface area contributed by atoms with Crippen LogP contribution in [0.2, 0.25) is 0 Å². The molecule has 2 N–H and O–H groups in total. The van der Waals surface area contributed by atoms with E-state index in [4.69, 9.17) is 0 Å². The third-order valence-electron chi connectivity index (χ3n) is 4.86. The normalized spacial score (nSPS) is 11.5. The highest BCUT2D eigenvalue weighted by molar-refractivity contribution is 5.96. The van der Waals surface area contributed by atoms with Gasteiger partial charge in [-0.1, -0.05) is 42.5 Å². The minimum Gasteiger partial charge on any atom is -0.337 e. The van der Waals surface area contributed by atoms with Gasteiger partial charge in [0, 0.05) is 34.9 Å². The summed E-state index contributed by atoms with van der Waals surface area (Å²) in [6.07, 6.45) is 5.39. The molecule has 0 radical (unpaired) electrons. The number of anilines is 2. The Bertz CT molecular complexity index is 1240.